The number of ether oxygens (including phenoxy) is 2. The van der Waals surface area contributed by atoms with Crippen LogP contribution in [-0.4, -0.2) is 36.5 Å². The Morgan fingerprint density at radius 2 is 1.96 bits per heavy atom. The molecule has 0 unspecified atom stereocenters. The molecule has 0 aromatic heterocycles. The lowest BCUT2D eigenvalue weighted by Crippen LogP contribution is -2.49. The van der Waals surface area contributed by atoms with Crippen LogP contribution in [0.5, 0.6) is 5.75 Å². The van der Waals surface area contributed by atoms with Crippen LogP contribution in [-0.2, 0) is 9.53 Å². The van der Waals surface area contributed by atoms with Crippen molar-refractivity contribution in [1.82, 2.24) is 10.7 Å². The summed E-state index contributed by atoms with van der Waals surface area (Å²) in [6, 6.07) is 6.93. The molecule has 1 aliphatic rings. The maximum absolute atomic E-state index is 12.4. The second-order valence-electron chi connectivity index (χ2n) is 7.65. The minimum Gasteiger partial charge on any atom is -0.488 e. The molecule has 2 amide bonds. The summed E-state index contributed by atoms with van der Waals surface area (Å²) in [4.78, 5) is 24.3. The van der Waals surface area contributed by atoms with E-state index in [1.807, 2.05) is 44.2 Å². The SMILES string of the molecule is CC(C)[C@@H](NC(=O)OC(C)(C)C)C(=O)NN=CC1=Cc2ccccc2OC1. The zero-order valence-corrected chi connectivity index (χ0v) is 16.4. The van der Waals surface area contributed by atoms with Gasteiger partial charge in [0.2, 0.25) is 0 Å². The highest BCUT2D eigenvalue weighted by Crippen LogP contribution is 2.24. The summed E-state index contributed by atoms with van der Waals surface area (Å²) in [5.74, 6) is 0.279. The lowest BCUT2D eigenvalue weighted by molar-refractivity contribution is -0.124. The minimum atomic E-state index is -0.755. The molecular formula is C20H27N3O4. The highest BCUT2D eigenvalue weighted by atomic mass is 16.6. The summed E-state index contributed by atoms with van der Waals surface area (Å²) >= 11 is 0. The van der Waals surface area contributed by atoms with Crippen molar-refractivity contribution in [2.45, 2.75) is 46.3 Å². The first-order valence-corrected chi connectivity index (χ1v) is 8.90. The van der Waals surface area contributed by atoms with Crippen molar-refractivity contribution in [2.24, 2.45) is 11.0 Å². The number of para-hydroxylation sites is 1. The molecule has 1 heterocycles. The van der Waals surface area contributed by atoms with Gasteiger partial charge in [-0.25, -0.2) is 10.2 Å². The molecular weight excluding hydrogens is 346 g/mol. The highest BCUT2D eigenvalue weighted by molar-refractivity contribution is 5.90. The van der Waals surface area contributed by atoms with Crippen molar-refractivity contribution in [3.05, 3.63) is 35.4 Å². The Morgan fingerprint density at radius 1 is 1.26 bits per heavy atom. The van der Waals surface area contributed by atoms with Gasteiger partial charge >= 0.3 is 6.09 Å². The summed E-state index contributed by atoms with van der Waals surface area (Å²) in [7, 11) is 0. The molecule has 0 spiro atoms. The Balaban J connectivity index is 1.95. The van der Waals surface area contributed by atoms with Crippen molar-refractivity contribution < 1.29 is 19.1 Å². The zero-order valence-electron chi connectivity index (χ0n) is 16.4. The molecule has 1 aromatic rings. The van der Waals surface area contributed by atoms with E-state index in [4.69, 9.17) is 9.47 Å². The number of hydrogen-bond acceptors (Lipinski definition) is 5. The Morgan fingerprint density at radius 3 is 2.63 bits per heavy atom. The van der Waals surface area contributed by atoms with Crippen LogP contribution in [0.3, 0.4) is 0 Å². The van der Waals surface area contributed by atoms with E-state index < -0.39 is 23.6 Å². The third-order valence-electron chi connectivity index (χ3n) is 3.68. The van der Waals surface area contributed by atoms with Crippen LogP contribution < -0.4 is 15.5 Å². The quantitative estimate of drug-likeness (QED) is 0.613. The van der Waals surface area contributed by atoms with E-state index in [1.165, 1.54) is 0 Å². The molecule has 0 saturated heterocycles. The van der Waals surface area contributed by atoms with E-state index in [-0.39, 0.29) is 5.92 Å². The van der Waals surface area contributed by atoms with E-state index in [0.29, 0.717) is 6.61 Å². The van der Waals surface area contributed by atoms with Gasteiger partial charge in [-0.15, -0.1) is 0 Å². The van der Waals surface area contributed by atoms with Crippen LogP contribution in [0.25, 0.3) is 6.08 Å². The molecule has 0 saturated carbocycles. The molecule has 0 aliphatic carbocycles. The number of hydrazone groups is 1. The molecule has 2 N–H and O–H groups in total. The van der Waals surface area contributed by atoms with Crippen molar-refractivity contribution in [3.63, 3.8) is 0 Å². The van der Waals surface area contributed by atoms with E-state index in [9.17, 15) is 9.59 Å². The van der Waals surface area contributed by atoms with Crippen molar-refractivity contribution in [2.75, 3.05) is 6.61 Å². The number of nitrogens with zero attached hydrogens (tertiary/aromatic N) is 1. The Hall–Kier alpha value is -2.83. The number of alkyl carbamates (subject to hydrolysis) is 1. The maximum Gasteiger partial charge on any atom is 0.408 e. The molecule has 2 rings (SSSR count). The Bertz CT molecular complexity index is 748. The molecule has 0 bridgehead atoms. The number of fused-ring (bicyclic) bond motifs is 1. The summed E-state index contributed by atoms with van der Waals surface area (Å²) in [6.07, 6.45) is 2.85. The first-order chi connectivity index (χ1) is 12.7. The monoisotopic (exact) mass is 373 g/mol. The predicted octanol–water partition coefficient (Wildman–Crippen LogP) is 3.11. The number of carbonyl (C=O) groups is 2. The fourth-order valence-electron chi connectivity index (χ4n) is 2.43. The van der Waals surface area contributed by atoms with Crippen LogP contribution in [0.15, 0.2) is 34.9 Å². The normalized spacial score (nSPS) is 14.8. The highest BCUT2D eigenvalue weighted by Gasteiger charge is 2.26. The number of benzene rings is 1. The predicted molar refractivity (Wildman–Crippen MR) is 105 cm³/mol. The molecule has 27 heavy (non-hydrogen) atoms. The standard InChI is InChI=1S/C20H27N3O4/c1-13(2)17(22-19(25)27-20(3,4)5)18(24)23-21-11-14-10-15-8-6-7-9-16(15)26-12-14/h6-11,13,17H,12H2,1-5H3,(H,22,25)(H,23,24)/t17-/m1/s1. The molecule has 0 fully saturated rings. The summed E-state index contributed by atoms with van der Waals surface area (Å²) in [5, 5.41) is 6.58. The van der Waals surface area contributed by atoms with Crippen molar-refractivity contribution in [1.29, 1.82) is 0 Å². The van der Waals surface area contributed by atoms with Crippen LogP contribution >= 0.6 is 0 Å². The smallest absolute Gasteiger partial charge is 0.408 e. The third kappa shape index (κ3) is 6.44. The van der Waals surface area contributed by atoms with Gasteiger partial charge in [0, 0.05) is 11.1 Å². The van der Waals surface area contributed by atoms with Gasteiger partial charge in [0.05, 0.1) is 6.21 Å². The molecule has 7 nitrogen and oxygen atoms in total. The van der Waals surface area contributed by atoms with E-state index in [1.54, 1.807) is 27.0 Å². The van der Waals surface area contributed by atoms with Crippen LogP contribution in [0.2, 0.25) is 0 Å². The van der Waals surface area contributed by atoms with Gasteiger partial charge < -0.3 is 14.8 Å². The maximum atomic E-state index is 12.4. The zero-order chi connectivity index (χ0) is 20.0. The lowest BCUT2D eigenvalue weighted by Gasteiger charge is -2.24. The number of carbonyl (C=O) groups excluding carboxylic acids is 2. The largest absolute Gasteiger partial charge is 0.488 e. The number of hydrogen-bond donors (Lipinski definition) is 2. The topological polar surface area (TPSA) is 89.0 Å². The van der Waals surface area contributed by atoms with Gasteiger partial charge in [0.25, 0.3) is 5.91 Å². The molecule has 1 aromatic carbocycles. The number of rotatable bonds is 5. The second-order valence-corrected chi connectivity index (χ2v) is 7.65. The Labute approximate surface area is 159 Å². The molecule has 0 radical (unpaired) electrons. The van der Waals surface area contributed by atoms with Crippen LogP contribution in [0.4, 0.5) is 4.79 Å². The fourth-order valence-corrected chi connectivity index (χ4v) is 2.43. The summed E-state index contributed by atoms with van der Waals surface area (Å²) in [5.41, 5.74) is 3.62. The van der Waals surface area contributed by atoms with Crippen LogP contribution in [0, 0.1) is 5.92 Å². The summed E-state index contributed by atoms with van der Waals surface area (Å²) < 4.78 is 10.8. The average Bonchev–Trinajstić information content (AvgIpc) is 2.57. The molecule has 1 atom stereocenters. The van der Waals surface area contributed by atoms with Gasteiger partial charge in [-0.05, 0) is 38.8 Å². The number of nitrogens with one attached hydrogen (secondary N) is 2. The van der Waals surface area contributed by atoms with Crippen molar-refractivity contribution in [3.8, 4) is 5.75 Å². The van der Waals surface area contributed by atoms with Gasteiger partial charge in [-0.1, -0.05) is 32.0 Å². The summed E-state index contributed by atoms with van der Waals surface area (Å²) in [6.45, 7) is 9.33. The van der Waals surface area contributed by atoms with Gasteiger partial charge in [-0.3, -0.25) is 4.79 Å². The first-order valence-electron chi connectivity index (χ1n) is 8.90. The molecule has 1 aliphatic heterocycles. The van der Waals surface area contributed by atoms with Gasteiger partial charge in [0.1, 0.15) is 24.0 Å². The second kappa shape index (κ2) is 8.70. The number of amides is 2. The average molecular weight is 373 g/mol. The van der Waals surface area contributed by atoms with E-state index in [0.717, 1.165) is 16.9 Å². The minimum absolute atomic E-state index is 0.128. The third-order valence-corrected chi connectivity index (χ3v) is 3.68. The van der Waals surface area contributed by atoms with Crippen molar-refractivity contribution >= 4 is 24.3 Å². The van der Waals surface area contributed by atoms with E-state index >= 15 is 0 Å². The van der Waals surface area contributed by atoms with Gasteiger partial charge in [0.15, 0.2) is 0 Å². The molecule has 7 heteroatoms. The fraction of sp³-hybridized carbons (Fsp3) is 0.450. The van der Waals surface area contributed by atoms with E-state index in [2.05, 4.69) is 15.8 Å². The first kappa shape index (κ1) is 20.5. The van der Waals surface area contributed by atoms with Gasteiger partial charge in [-0.2, -0.15) is 5.10 Å². The lowest BCUT2D eigenvalue weighted by atomic mass is 10.0. The van der Waals surface area contributed by atoms with Crippen LogP contribution in [0.1, 0.15) is 40.2 Å². The Kier molecular flexibility index (Phi) is 6.60. The molecule has 146 valence electrons.